The average Bonchev–Trinajstić information content (AvgIpc) is 2.73. The molecule has 1 aliphatic rings. The van der Waals surface area contributed by atoms with Crippen LogP contribution in [-0.2, 0) is 6.54 Å². The van der Waals surface area contributed by atoms with Gasteiger partial charge in [0, 0.05) is 38.3 Å². The van der Waals surface area contributed by atoms with Crippen LogP contribution in [-0.4, -0.2) is 54.4 Å². The van der Waals surface area contributed by atoms with Crippen molar-refractivity contribution >= 4 is 11.8 Å². The van der Waals surface area contributed by atoms with Gasteiger partial charge in [0.25, 0.3) is 11.8 Å². The highest BCUT2D eigenvalue weighted by atomic mass is 16.5. The second-order valence-electron chi connectivity index (χ2n) is 6.41. The van der Waals surface area contributed by atoms with Gasteiger partial charge in [-0.3, -0.25) is 9.59 Å². The molecule has 2 aromatic rings. The van der Waals surface area contributed by atoms with Gasteiger partial charge in [-0.2, -0.15) is 0 Å². The van der Waals surface area contributed by atoms with Crippen LogP contribution in [0.1, 0.15) is 33.2 Å². The molecule has 6 nitrogen and oxygen atoms in total. The van der Waals surface area contributed by atoms with Crippen molar-refractivity contribution in [2.75, 3.05) is 32.8 Å². The molecule has 0 bridgehead atoms. The van der Waals surface area contributed by atoms with Gasteiger partial charge in [-0.25, -0.2) is 0 Å². The maximum Gasteiger partial charge on any atom is 0.257 e. The Hall–Kier alpha value is -2.86. The lowest BCUT2D eigenvalue weighted by Gasteiger charge is -2.35. The Morgan fingerprint density at radius 2 is 1.52 bits per heavy atom. The Balaban J connectivity index is 1.63. The predicted octanol–water partition coefficient (Wildman–Crippen LogP) is 2.14. The molecular formula is C21H25N3O3. The summed E-state index contributed by atoms with van der Waals surface area (Å²) in [6.45, 7) is 4.90. The number of rotatable bonds is 5. The van der Waals surface area contributed by atoms with Crippen molar-refractivity contribution in [1.82, 2.24) is 9.80 Å². The summed E-state index contributed by atoms with van der Waals surface area (Å²) in [4.78, 5) is 29.1. The molecule has 27 heavy (non-hydrogen) atoms. The minimum Gasteiger partial charge on any atom is -0.493 e. The first kappa shape index (κ1) is 18.9. The summed E-state index contributed by atoms with van der Waals surface area (Å²) in [5.41, 5.74) is 7.81. The largest absolute Gasteiger partial charge is 0.493 e. The monoisotopic (exact) mass is 367 g/mol. The van der Waals surface area contributed by atoms with Crippen LogP contribution in [0, 0.1) is 0 Å². The fourth-order valence-electron chi connectivity index (χ4n) is 3.17. The molecule has 2 N–H and O–H groups in total. The number of piperazine rings is 1. The summed E-state index contributed by atoms with van der Waals surface area (Å²) in [6, 6.07) is 14.6. The number of nitrogens with zero attached hydrogens (tertiary/aromatic N) is 2. The first-order valence-corrected chi connectivity index (χ1v) is 9.23. The van der Waals surface area contributed by atoms with Crippen LogP contribution in [0.4, 0.5) is 0 Å². The van der Waals surface area contributed by atoms with Crippen molar-refractivity contribution in [1.29, 1.82) is 0 Å². The fourth-order valence-corrected chi connectivity index (χ4v) is 3.17. The van der Waals surface area contributed by atoms with E-state index in [9.17, 15) is 9.59 Å². The second-order valence-corrected chi connectivity index (χ2v) is 6.41. The van der Waals surface area contributed by atoms with Gasteiger partial charge in [-0.05, 0) is 36.8 Å². The summed E-state index contributed by atoms with van der Waals surface area (Å²) in [5.74, 6) is 0.530. The molecule has 1 fully saturated rings. The van der Waals surface area contributed by atoms with Crippen LogP contribution in [0.5, 0.6) is 5.75 Å². The number of carbonyl (C=O) groups is 2. The van der Waals surface area contributed by atoms with Crippen LogP contribution < -0.4 is 10.5 Å². The van der Waals surface area contributed by atoms with Crippen LogP contribution in [0.3, 0.4) is 0 Å². The van der Waals surface area contributed by atoms with Gasteiger partial charge in [-0.1, -0.05) is 24.3 Å². The number of hydrogen-bond acceptors (Lipinski definition) is 4. The molecule has 2 amide bonds. The first-order chi connectivity index (χ1) is 13.1. The number of benzene rings is 2. The minimum absolute atomic E-state index is 0.0135. The molecule has 2 aromatic carbocycles. The Labute approximate surface area is 159 Å². The van der Waals surface area contributed by atoms with Gasteiger partial charge in [-0.15, -0.1) is 0 Å². The van der Waals surface area contributed by atoms with E-state index in [1.807, 2.05) is 37.3 Å². The minimum atomic E-state index is -0.0570. The summed E-state index contributed by atoms with van der Waals surface area (Å²) < 4.78 is 5.56. The van der Waals surface area contributed by atoms with Crippen LogP contribution in [0.15, 0.2) is 48.5 Å². The lowest BCUT2D eigenvalue weighted by molar-refractivity contribution is 0.0533. The van der Waals surface area contributed by atoms with Crippen molar-refractivity contribution < 1.29 is 14.3 Å². The highest BCUT2D eigenvalue weighted by Crippen LogP contribution is 2.21. The lowest BCUT2D eigenvalue weighted by Crippen LogP contribution is -2.50. The Morgan fingerprint density at radius 1 is 0.926 bits per heavy atom. The van der Waals surface area contributed by atoms with Gasteiger partial charge < -0.3 is 20.3 Å². The van der Waals surface area contributed by atoms with E-state index in [-0.39, 0.29) is 11.8 Å². The van der Waals surface area contributed by atoms with E-state index in [0.29, 0.717) is 56.2 Å². The van der Waals surface area contributed by atoms with Gasteiger partial charge in [0.05, 0.1) is 12.2 Å². The Bertz CT molecular complexity index is 797. The smallest absolute Gasteiger partial charge is 0.257 e. The maximum absolute atomic E-state index is 12.8. The average molecular weight is 367 g/mol. The summed E-state index contributed by atoms with van der Waals surface area (Å²) in [6.07, 6.45) is 0. The number of nitrogens with two attached hydrogens (primary N) is 1. The zero-order chi connectivity index (χ0) is 19.2. The molecular weight excluding hydrogens is 342 g/mol. The molecule has 0 atom stereocenters. The van der Waals surface area contributed by atoms with E-state index >= 15 is 0 Å². The van der Waals surface area contributed by atoms with Crippen molar-refractivity contribution in [2.45, 2.75) is 13.5 Å². The van der Waals surface area contributed by atoms with Gasteiger partial charge in [0.1, 0.15) is 5.75 Å². The van der Waals surface area contributed by atoms with Crippen molar-refractivity contribution in [2.24, 2.45) is 5.73 Å². The zero-order valence-electron chi connectivity index (χ0n) is 15.6. The van der Waals surface area contributed by atoms with E-state index in [1.165, 1.54) is 0 Å². The molecule has 0 saturated carbocycles. The van der Waals surface area contributed by atoms with Crippen molar-refractivity contribution in [3.05, 3.63) is 65.2 Å². The van der Waals surface area contributed by atoms with E-state index in [0.717, 1.165) is 5.56 Å². The topological polar surface area (TPSA) is 75.9 Å². The molecule has 1 heterocycles. The molecule has 0 aromatic heterocycles. The predicted molar refractivity (Wildman–Crippen MR) is 104 cm³/mol. The SMILES string of the molecule is CCOc1ccccc1C(=O)N1CCN(C(=O)c2ccc(CN)cc2)CC1. The highest BCUT2D eigenvalue weighted by molar-refractivity contribution is 5.97. The summed E-state index contributed by atoms with van der Waals surface area (Å²) in [5, 5.41) is 0. The third-order valence-corrected chi connectivity index (χ3v) is 4.71. The third kappa shape index (κ3) is 4.28. The van der Waals surface area contributed by atoms with Crippen LogP contribution in [0.25, 0.3) is 0 Å². The number of ether oxygens (including phenoxy) is 1. The quantitative estimate of drug-likeness (QED) is 0.878. The highest BCUT2D eigenvalue weighted by Gasteiger charge is 2.26. The second kappa shape index (κ2) is 8.68. The zero-order valence-corrected chi connectivity index (χ0v) is 15.6. The van der Waals surface area contributed by atoms with E-state index in [2.05, 4.69) is 0 Å². The lowest BCUT2D eigenvalue weighted by atomic mass is 10.1. The molecule has 0 aliphatic carbocycles. The molecule has 1 aliphatic heterocycles. The maximum atomic E-state index is 12.8. The molecule has 0 radical (unpaired) electrons. The van der Waals surface area contributed by atoms with Crippen LogP contribution in [0.2, 0.25) is 0 Å². The summed E-state index contributed by atoms with van der Waals surface area (Å²) >= 11 is 0. The number of para-hydroxylation sites is 1. The molecule has 0 spiro atoms. The van der Waals surface area contributed by atoms with E-state index in [4.69, 9.17) is 10.5 Å². The van der Waals surface area contributed by atoms with E-state index in [1.54, 1.807) is 28.0 Å². The number of hydrogen-bond donors (Lipinski definition) is 1. The van der Waals surface area contributed by atoms with Gasteiger partial charge in [0.15, 0.2) is 0 Å². The molecule has 0 unspecified atom stereocenters. The van der Waals surface area contributed by atoms with Gasteiger partial charge in [0.2, 0.25) is 0 Å². The van der Waals surface area contributed by atoms with Gasteiger partial charge >= 0.3 is 0 Å². The normalized spacial score (nSPS) is 14.1. The standard InChI is InChI=1S/C21H25N3O3/c1-2-27-19-6-4-3-5-18(19)21(26)24-13-11-23(12-14-24)20(25)17-9-7-16(15-22)8-10-17/h3-10H,2,11-15,22H2,1H3. The first-order valence-electron chi connectivity index (χ1n) is 9.23. The molecule has 3 rings (SSSR count). The fraction of sp³-hybridized carbons (Fsp3) is 0.333. The van der Waals surface area contributed by atoms with Crippen molar-refractivity contribution in [3.8, 4) is 5.75 Å². The van der Waals surface area contributed by atoms with Crippen molar-refractivity contribution in [3.63, 3.8) is 0 Å². The third-order valence-electron chi connectivity index (χ3n) is 4.71. The number of carbonyl (C=O) groups excluding carboxylic acids is 2. The number of amides is 2. The molecule has 142 valence electrons. The molecule has 6 heteroatoms. The molecule has 1 saturated heterocycles. The van der Waals surface area contributed by atoms with Crippen LogP contribution >= 0.6 is 0 Å². The Kier molecular flexibility index (Phi) is 6.08. The Morgan fingerprint density at radius 3 is 2.11 bits per heavy atom. The van der Waals surface area contributed by atoms with E-state index < -0.39 is 0 Å². The summed E-state index contributed by atoms with van der Waals surface area (Å²) in [7, 11) is 0.